The molecule has 2 atom stereocenters. The molecule has 0 aliphatic heterocycles. The number of hydrogen-bond donors (Lipinski definition) is 2. The van der Waals surface area contributed by atoms with E-state index in [9.17, 15) is 9.59 Å². The summed E-state index contributed by atoms with van der Waals surface area (Å²) in [5.41, 5.74) is 1.72. The van der Waals surface area contributed by atoms with E-state index in [4.69, 9.17) is 0 Å². The second kappa shape index (κ2) is 6.61. The van der Waals surface area contributed by atoms with Crippen LogP contribution in [-0.4, -0.2) is 43.5 Å². The van der Waals surface area contributed by atoms with Crippen molar-refractivity contribution in [2.75, 3.05) is 20.6 Å². The number of nitrogens with one attached hydrogen (secondary N) is 2. The van der Waals surface area contributed by atoms with Gasteiger partial charge in [0, 0.05) is 32.2 Å². The van der Waals surface area contributed by atoms with Gasteiger partial charge >= 0.3 is 6.03 Å². The molecule has 5 heteroatoms. The fraction of sp³-hybridized carbons (Fsp3) is 0.500. The van der Waals surface area contributed by atoms with E-state index in [0.717, 1.165) is 12.0 Å². The Morgan fingerprint density at radius 2 is 2.05 bits per heavy atom. The molecule has 0 bridgehead atoms. The van der Waals surface area contributed by atoms with Gasteiger partial charge < -0.3 is 15.5 Å². The fourth-order valence-corrected chi connectivity index (χ4v) is 2.18. The molecular formula is C16H23N3O2. The first-order chi connectivity index (χ1) is 9.97. The zero-order valence-electron chi connectivity index (χ0n) is 12.8. The van der Waals surface area contributed by atoms with Crippen LogP contribution in [0.1, 0.15) is 29.3 Å². The Morgan fingerprint density at radius 1 is 1.33 bits per heavy atom. The highest BCUT2D eigenvalue weighted by Crippen LogP contribution is 2.28. The van der Waals surface area contributed by atoms with Gasteiger partial charge in [-0.1, -0.05) is 19.1 Å². The molecule has 3 amide bonds. The third-order valence-corrected chi connectivity index (χ3v) is 3.71. The minimum Gasteiger partial charge on any atom is -0.345 e. The van der Waals surface area contributed by atoms with Crippen LogP contribution in [0.15, 0.2) is 24.3 Å². The number of rotatable bonds is 5. The third kappa shape index (κ3) is 4.48. The molecule has 2 N–H and O–H groups in total. The Bertz CT molecular complexity index is 528. The SMILES string of the molecule is C[C@H]1C[C@@H]1NC(=O)NCCc1cccc(C(=O)N(C)C)c1. The van der Waals surface area contributed by atoms with Crippen molar-refractivity contribution >= 4 is 11.9 Å². The molecule has 0 radical (unpaired) electrons. The fourth-order valence-electron chi connectivity index (χ4n) is 2.18. The van der Waals surface area contributed by atoms with Gasteiger partial charge in [0.25, 0.3) is 5.91 Å². The third-order valence-electron chi connectivity index (χ3n) is 3.71. The maximum absolute atomic E-state index is 11.9. The molecule has 0 heterocycles. The van der Waals surface area contributed by atoms with Crippen molar-refractivity contribution < 1.29 is 9.59 Å². The van der Waals surface area contributed by atoms with Crippen LogP contribution in [0, 0.1) is 5.92 Å². The van der Waals surface area contributed by atoms with Crippen LogP contribution < -0.4 is 10.6 Å². The summed E-state index contributed by atoms with van der Waals surface area (Å²) in [6.07, 6.45) is 1.78. The Morgan fingerprint density at radius 3 is 2.67 bits per heavy atom. The van der Waals surface area contributed by atoms with Gasteiger partial charge in [0.2, 0.25) is 0 Å². The maximum atomic E-state index is 11.9. The molecule has 21 heavy (non-hydrogen) atoms. The van der Waals surface area contributed by atoms with Crippen LogP contribution >= 0.6 is 0 Å². The van der Waals surface area contributed by atoms with Crippen LogP contribution in [0.5, 0.6) is 0 Å². The van der Waals surface area contributed by atoms with Gasteiger partial charge in [-0.15, -0.1) is 0 Å². The van der Waals surface area contributed by atoms with Gasteiger partial charge in [0.05, 0.1) is 0 Å². The van der Waals surface area contributed by atoms with E-state index in [1.54, 1.807) is 25.1 Å². The summed E-state index contributed by atoms with van der Waals surface area (Å²) in [6.45, 7) is 2.69. The molecule has 0 aromatic heterocycles. The predicted octanol–water partition coefficient (Wildman–Crippen LogP) is 1.64. The lowest BCUT2D eigenvalue weighted by Crippen LogP contribution is -2.38. The summed E-state index contributed by atoms with van der Waals surface area (Å²) in [4.78, 5) is 25.1. The highest BCUT2D eigenvalue weighted by atomic mass is 16.2. The molecular weight excluding hydrogens is 266 g/mol. The molecule has 1 aliphatic carbocycles. The van der Waals surface area contributed by atoms with Gasteiger partial charge in [0.1, 0.15) is 0 Å². The van der Waals surface area contributed by atoms with Crippen LogP contribution in [0.4, 0.5) is 4.79 Å². The first-order valence-corrected chi connectivity index (χ1v) is 7.32. The quantitative estimate of drug-likeness (QED) is 0.865. The van der Waals surface area contributed by atoms with E-state index in [1.807, 2.05) is 18.2 Å². The van der Waals surface area contributed by atoms with E-state index >= 15 is 0 Å². The van der Waals surface area contributed by atoms with Gasteiger partial charge in [-0.25, -0.2) is 4.79 Å². The normalized spacial score (nSPS) is 19.8. The van der Waals surface area contributed by atoms with Gasteiger partial charge in [-0.05, 0) is 36.5 Å². The van der Waals surface area contributed by atoms with Crippen molar-refractivity contribution in [2.24, 2.45) is 5.92 Å². The average Bonchev–Trinajstić information content (AvgIpc) is 3.13. The lowest BCUT2D eigenvalue weighted by Gasteiger charge is -2.11. The first-order valence-electron chi connectivity index (χ1n) is 7.32. The van der Waals surface area contributed by atoms with E-state index in [-0.39, 0.29) is 11.9 Å². The van der Waals surface area contributed by atoms with Crippen LogP contribution in [0.25, 0.3) is 0 Å². The van der Waals surface area contributed by atoms with E-state index < -0.39 is 0 Å². The molecule has 0 spiro atoms. The van der Waals surface area contributed by atoms with Crippen molar-refractivity contribution in [3.05, 3.63) is 35.4 Å². The van der Waals surface area contributed by atoms with Gasteiger partial charge in [-0.2, -0.15) is 0 Å². The first kappa shape index (κ1) is 15.4. The number of amides is 3. The predicted molar refractivity (Wildman–Crippen MR) is 82.3 cm³/mol. The highest BCUT2D eigenvalue weighted by Gasteiger charge is 2.33. The van der Waals surface area contributed by atoms with Gasteiger partial charge in [-0.3, -0.25) is 4.79 Å². The molecule has 1 aromatic rings. The monoisotopic (exact) mass is 289 g/mol. The summed E-state index contributed by atoms with van der Waals surface area (Å²) in [5.74, 6) is 0.592. The smallest absolute Gasteiger partial charge is 0.315 e. The Hall–Kier alpha value is -2.04. The van der Waals surface area contributed by atoms with Crippen molar-refractivity contribution in [3.8, 4) is 0 Å². The number of benzene rings is 1. The number of hydrogen-bond acceptors (Lipinski definition) is 2. The number of carbonyl (C=O) groups excluding carboxylic acids is 2. The molecule has 1 aliphatic rings. The minimum atomic E-state index is -0.107. The van der Waals surface area contributed by atoms with E-state index in [1.165, 1.54) is 0 Å². The number of urea groups is 1. The van der Waals surface area contributed by atoms with Crippen molar-refractivity contribution in [1.29, 1.82) is 0 Å². The molecule has 2 rings (SSSR count). The summed E-state index contributed by atoms with van der Waals surface area (Å²) < 4.78 is 0. The topological polar surface area (TPSA) is 61.4 Å². The van der Waals surface area contributed by atoms with Gasteiger partial charge in [0.15, 0.2) is 0 Å². The Kier molecular flexibility index (Phi) is 4.83. The van der Waals surface area contributed by atoms with Crippen LogP contribution in [0.2, 0.25) is 0 Å². The number of carbonyl (C=O) groups is 2. The standard InChI is InChI=1S/C16H23N3O2/c1-11-9-14(11)18-16(21)17-8-7-12-5-4-6-13(10-12)15(20)19(2)3/h4-6,10-11,14H,7-9H2,1-3H3,(H2,17,18,21)/t11-,14-/m0/s1. The van der Waals surface area contributed by atoms with E-state index in [0.29, 0.717) is 30.5 Å². The van der Waals surface area contributed by atoms with Crippen molar-refractivity contribution in [1.82, 2.24) is 15.5 Å². The molecule has 114 valence electrons. The summed E-state index contributed by atoms with van der Waals surface area (Å²) in [5, 5.41) is 5.77. The molecule has 1 fully saturated rings. The van der Waals surface area contributed by atoms with E-state index in [2.05, 4.69) is 17.6 Å². The zero-order chi connectivity index (χ0) is 15.4. The average molecular weight is 289 g/mol. The van der Waals surface area contributed by atoms with Crippen LogP contribution in [-0.2, 0) is 6.42 Å². The zero-order valence-corrected chi connectivity index (χ0v) is 12.8. The number of nitrogens with zero attached hydrogens (tertiary/aromatic N) is 1. The lowest BCUT2D eigenvalue weighted by molar-refractivity contribution is 0.0827. The van der Waals surface area contributed by atoms with Crippen molar-refractivity contribution in [2.45, 2.75) is 25.8 Å². The van der Waals surface area contributed by atoms with Crippen molar-refractivity contribution in [3.63, 3.8) is 0 Å². The molecule has 5 nitrogen and oxygen atoms in total. The lowest BCUT2D eigenvalue weighted by atomic mass is 10.1. The molecule has 1 aromatic carbocycles. The van der Waals surface area contributed by atoms with Crippen LogP contribution in [0.3, 0.4) is 0 Å². The second-order valence-electron chi connectivity index (χ2n) is 5.87. The highest BCUT2D eigenvalue weighted by molar-refractivity contribution is 5.94. The summed E-state index contributed by atoms with van der Waals surface area (Å²) in [7, 11) is 3.47. The summed E-state index contributed by atoms with van der Waals surface area (Å²) >= 11 is 0. The minimum absolute atomic E-state index is 0.00901. The Balaban J connectivity index is 1.79. The Labute approximate surface area is 125 Å². The molecule has 0 saturated heterocycles. The maximum Gasteiger partial charge on any atom is 0.315 e. The molecule has 1 saturated carbocycles. The second-order valence-corrected chi connectivity index (χ2v) is 5.87. The summed E-state index contributed by atoms with van der Waals surface area (Å²) in [6, 6.07) is 7.76. The largest absolute Gasteiger partial charge is 0.345 e. The molecule has 0 unspecified atom stereocenters.